The molecule has 2 aromatic carbocycles. The molecule has 0 aromatic heterocycles. The zero-order valence-electron chi connectivity index (χ0n) is 15.7. The van der Waals surface area contributed by atoms with Crippen molar-refractivity contribution < 1.29 is 13.2 Å². The van der Waals surface area contributed by atoms with Gasteiger partial charge in [-0.05, 0) is 68.1 Å². The smallest absolute Gasteiger partial charge is 0.241 e. The normalized spacial score (nSPS) is 14.4. The van der Waals surface area contributed by atoms with Gasteiger partial charge in [0, 0.05) is 24.5 Å². The third kappa shape index (κ3) is 4.87. The summed E-state index contributed by atoms with van der Waals surface area (Å²) in [6, 6.07) is 12.8. The number of benzene rings is 2. The second kappa shape index (κ2) is 8.10. The summed E-state index contributed by atoms with van der Waals surface area (Å²) in [6.07, 6.45) is 2.41. The van der Waals surface area contributed by atoms with Gasteiger partial charge < -0.3 is 10.2 Å². The molecule has 0 aliphatic carbocycles. The van der Waals surface area contributed by atoms with Crippen LogP contribution in [0.2, 0.25) is 0 Å². The van der Waals surface area contributed by atoms with Crippen LogP contribution in [0.25, 0.3) is 0 Å². The average molecular weight is 388 g/mol. The number of nitrogens with zero attached hydrogens (tertiary/aromatic N) is 1. The van der Waals surface area contributed by atoms with Crippen molar-refractivity contribution in [1.29, 1.82) is 0 Å². The van der Waals surface area contributed by atoms with Crippen LogP contribution in [0.15, 0.2) is 47.4 Å². The first-order chi connectivity index (χ1) is 12.8. The van der Waals surface area contributed by atoms with Gasteiger partial charge in [0.25, 0.3) is 0 Å². The lowest BCUT2D eigenvalue weighted by Gasteiger charge is -2.17. The lowest BCUT2D eigenvalue weighted by atomic mass is 10.2. The Morgan fingerprint density at radius 2 is 1.70 bits per heavy atom. The zero-order valence-corrected chi connectivity index (χ0v) is 16.5. The molecule has 2 N–H and O–H groups in total. The molecule has 1 aliphatic rings. The molecular formula is C20H25N3O3S. The number of nitrogens with one attached hydrogen (secondary N) is 2. The molecule has 1 aliphatic heterocycles. The van der Waals surface area contributed by atoms with E-state index >= 15 is 0 Å². The maximum atomic E-state index is 12.5. The summed E-state index contributed by atoms with van der Waals surface area (Å²) in [6.45, 7) is 5.37. The lowest BCUT2D eigenvalue weighted by molar-refractivity contribution is -0.115. The van der Waals surface area contributed by atoms with Gasteiger partial charge in [-0.3, -0.25) is 4.79 Å². The number of rotatable bonds is 6. The van der Waals surface area contributed by atoms with E-state index < -0.39 is 15.9 Å². The summed E-state index contributed by atoms with van der Waals surface area (Å²) in [7, 11) is -3.74. The molecule has 3 rings (SSSR count). The Bertz CT molecular complexity index is 918. The van der Waals surface area contributed by atoms with Gasteiger partial charge in [0.2, 0.25) is 15.9 Å². The Morgan fingerprint density at radius 3 is 2.37 bits per heavy atom. The topological polar surface area (TPSA) is 78.5 Å². The number of carbonyl (C=O) groups excluding carboxylic acids is 1. The molecule has 27 heavy (non-hydrogen) atoms. The molecule has 1 saturated heterocycles. The van der Waals surface area contributed by atoms with Gasteiger partial charge in [0.15, 0.2) is 0 Å². The zero-order chi connectivity index (χ0) is 19.4. The number of anilines is 2. The van der Waals surface area contributed by atoms with E-state index in [0.29, 0.717) is 11.3 Å². The summed E-state index contributed by atoms with van der Waals surface area (Å²) in [5.74, 6) is -0.405. The quantitative estimate of drug-likeness (QED) is 0.799. The average Bonchev–Trinajstić information content (AvgIpc) is 3.17. The van der Waals surface area contributed by atoms with E-state index in [1.807, 2.05) is 37.3 Å². The maximum Gasteiger partial charge on any atom is 0.241 e. The molecular weight excluding hydrogens is 362 g/mol. The Labute approximate surface area is 160 Å². The molecule has 144 valence electrons. The van der Waals surface area contributed by atoms with E-state index in [1.54, 1.807) is 19.1 Å². The molecule has 0 spiro atoms. The molecule has 1 heterocycles. The Kier molecular flexibility index (Phi) is 5.82. The number of hydrogen-bond acceptors (Lipinski definition) is 4. The minimum Gasteiger partial charge on any atom is -0.372 e. The number of amides is 1. The van der Waals surface area contributed by atoms with Crippen molar-refractivity contribution in [3.63, 3.8) is 0 Å². The summed E-state index contributed by atoms with van der Waals surface area (Å²) >= 11 is 0. The van der Waals surface area contributed by atoms with Crippen molar-refractivity contribution in [1.82, 2.24) is 4.72 Å². The molecule has 2 aromatic rings. The Balaban J connectivity index is 1.58. The standard InChI is InChI=1S/C20H25N3O3S/c1-15-5-6-16(2)19(13-15)27(25,26)21-14-20(24)22-17-7-9-18(10-8-17)23-11-3-4-12-23/h5-10,13,21H,3-4,11-12,14H2,1-2H3,(H,22,24). The molecule has 0 unspecified atom stereocenters. The van der Waals surface area contributed by atoms with Crippen LogP contribution in [0.3, 0.4) is 0 Å². The minimum absolute atomic E-state index is 0.199. The van der Waals surface area contributed by atoms with Crippen molar-refractivity contribution in [3.8, 4) is 0 Å². The van der Waals surface area contributed by atoms with E-state index in [0.717, 1.165) is 24.3 Å². The largest absolute Gasteiger partial charge is 0.372 e. The highest BCUT2D eigenvalue weighted by Crippen LogP contribution is 2.22. The number of hydrogen-bond donors (Lipinski definition) is 2. The Morgan fingerprint density at radius 1 is 1.04 bits per heavy atom. The van der Waals surface area contributed by atoms with E-state index in [2.05, 4.69) is 14.9 Å². The molecule has 0 saturated carbocycles. The first-order valence-corrected chi connectivity index (χ1v) is 10.6. The van der Waals surface area contributed by atoms with Crippen LogP contribution in [0.4, 0.5) is 11.4 Å². The van der Waals surface area contributed by atoms with Crippen LogP contribution >= 0.6 is 0 Å². The van der Waals surface area contributed by atoms with Crippen molar-refractivity contribution >= 4 is 27.3 Å². The van der Waals surface area contributed by atoms with Crippen LogP contribution in [0, 0.1) is 13.8 Å². The minimum atomic E-state index is -3.74. The van der Waals surface area contributed by atoms with Crippen LogP contribution in [0.5, 0.6) is 0 Å². The molecule has 6 nitrogen and oxygen atoms in total. The monoisotopic (exact) mass is 387 g/mol. The summed E-state index contributed by atoms with van der Waals surface area (Å²) in [5, 5.41) is 2.73. The number of carbonyl (C=O) groups is 1. The van der Waals surface area contributed by atoms with Crippen LogP contribution in [-0.4, -0.2) is 34.0 Å². The van der Waals surface area contributed by atoms with Gasteiger partial charge in [-0.1, -0.05) is 12.1 Å². The molecule has 0 radical (unpaired) electrons. The number of sulfonamides is 1. The predicted molar refractivity (Wildman–Crippen MR) is 108 cm³/mol. The van der Waals surface area contributed by atoms with Crippen molar-refractivity contribution in [2.75, 3.05) is 29.9 Å². The number of aryl methyl sites for hydroxylation is 2. The molecule has 0 atom stereocenters. The third-order valence-corrected chi connectivity index (χ3v) is 6.22. The van der Waals surface area contributed by atoms with Gasteiger partial charge in [-0.15, -0.1) is 0 Å². The van der Waals surface area contributed by atoms with E-state index in [4.69, 9.17) is 0 Å². The highest BCUT2D eigenvalue weighted by Gasteiger charge is 2.18. The van der Waals surface area contributed by atoms with Gasteiger partial charge in [-0.25, -0.2) is 13.1 Å². The van der Waals surface area contributed by atoms with Gasteiger partial charge >= 0.3 is 0 Å². The summed E-state index contributed by atoms with van der Waals surface area (Å²) in [4.78, 5) is 14.6. The summed E-state index contributed by atoms with van der Waals surface area (Å²) in [5.41, 5.74) is 3.28. The van der Waals surface area contributed by atoms with Gasteiger partial charge in [-0.2, -0.15) is 0 Å². The van der Waals surface area contributed by atoms with Crippen molar-refractivity contribution in [3.05, 3.63) is 53.6 Å². The maximum absolute atomic E-state index is 12.5. The molecule has 1 amide bonds. The predicted octanol–water partition coefficient (Wildman–Crippen LogP) is 2.82. The van der Waals surface area contributed by atoms with Crippen molar-refractivity contribution in [2.45, 2.75) is 31.6 Å². The van der Waals surface area contributed by atoms with Crippen LogP contribution in [-0.2, 0) is 14.8 Å². The van der Waals surface area contributed by atoms with Crippen molar-refractivity contribution in [2.24, 2.45) is 0 Å². The summed E-state index contributed by atoms with van der Waals surface area (Å²) < 4.78 is 27.3. The third-order valence-electron chi connectivity index (χ3n) is 4.68. The SMILES string of the molecule is Cc1ccc(C)c(S(=O)(=O)NCC(=O)Nc2ccc(N3CCCC3)cc2)c1. The molecule has 7 heteroatoms. The van der Waals surface area contributed by atoms with Crippen LogP contribution in [0.1, 0.15) is 24.0 Å². The highest BCUT2D eigenvalue weighted by atomic mass is 32.2. The first-order valence-electron chi connectivity index (χ1n) is 9.07. The highest BCUT2D eigenvalue weighted by molar-refractivity contribution is 7.89. The van der Waals surface area contributed by atoms with Gasteiger partial charge in [0.05, 0.1) is 11.4 Å². The van der Waals surface area contributed by atoms with E-state index in [9.17, 15) is 13.2 Å². The van der Waals surface area contributed by atoms with E-state index in [1.165, 1.54) is 12.8 Å². The fourth-order valence-electron chi connectivity index (χ4n) is 3.17. The molecule has 0 bridgehead atoms. The second-order valence-corrected chi connectivity index (χ2v) is 8.62. The molecule has 1 fully saturated rings. The fourth-order valence-corrected chi connectivity index (χ4v) is 4.48. The first kappa shape index (κ1) is 19.4. The van der Waals surface area contributed by atoms with E-state index in [-0.39, 0.29) is 11.4 Å². The second-order valence-electron chi connectivity index (χ2n) is 6.88. The fraction of sp³-hybridized carbons (Fsp3) is 0.350. The van der Waals surface area contributed by atoms with Gasteiger partial charge in [0.1, 0.15) is 0 Å². The lowest BCUT2D eigenvalue weighted by Crippen LogP contribution is -2.33. The Hall–Kier alpha value is -2.38. The van der Waals surface area contributed by atoms with Crippen LogP contribution < -0.4 is 14.9 Å².